The van der Waals surface area contributed by atoms with E-state index in [1.807, 2.05) is 79.7 Å². The van der Waals surface area contributed by atoms with Crippen molar-refractivity contribution in [2.75, 3.05) is 58.9 Å². The van der Waals surface area contributed by atoms with Gasteiger partial charge >= 0.3 is 0 Å². The lowest BCUT2D eigenvalue weighted by molar-refractivity contribution is -0.122. The van der Waals surface area contributed by atoms with Crippen molar-refractivity contribution in [2.24, 2.45) is 0 Å². The van der Waals surface area contributed by atoms with Crippen LogP contribution in [-0.2, 0) is 4.79 Å². The molecular formula is C35H37N5O5. The van der Waals surface area contributed by atoms with E-state index in [2.05, 4.69) is 10.3 Å². The topological polar surface area (TPSA) is 104 Å². The van der Waals surface area contributed by atoms with Gasteiger partial charge in [-0.2, -0.15) is 0 Å². The van der Waals surface area contributed by atoms with E-state index in [9.17, 15) is 14.4 Å². The predicted molar refractivity (Wildman–Crippen MR) is 172 cm³/mol. The Morgan fingerprint density at radius 2 is 1.82 bits per heavy atom. The summed E-state index contributed by atoms with van der Waals surface area (Å²) in [6.45, 7) is 1.25. The second-order valence-electron chi connectivity index (χ2n) is 11.7. The summed E-state index contributed by atoms with van der Waals surface area (Å²) in [5, 5.41) is 3.96. The van der Waals surface area contributed by atoms with Gasteiger partial charge in [0.2, 0.25) is 5.91 Å². The zero-order chi connectivity index (χ0) is 31.5. The number of ether oxygens (including phenoxy) is 2. The van der Waals surface area contributed by atoms with Gasteiger partial charge < -0.3 is 29.5 Å². The molecule has 2 aliphatic rings. The summed E-state index contributed by atoms with van der Waals surface area (Å²) < 4.78 is 11.7. The largest absolute Gasteiger partial charge is 0.493 e. The molecule has 1 N–H and O–H groups in total. The fourth-order valence-corrected chi connectivity index (χ4v) is 6.16. The molecular weight excluding hydrogens is 570 g/mol. The Hall–Kier alpha value is -5.12. The van der Waals surface area contributed by atoms with E-state index in [-0.39, 0.29) is 36.2 Å². The van der Waals surface area contributed by atoms with Crippen LogP contribution in [0.3, 0.4) is 0 Å². The number of rotatable bonds is 4. The highest BCUT2D eigenvalue weighted by atomic mass is 16.5. The standard InChI is InChI=1S/C35H37N5O5/c1-38(2)25-9-6-8-24(18-25)34(42)39-16-7-17-45-32-19-23(12-13-31(32)44-3)28-20-40(21-30(28)37-33(41)22-39)35(43)27-14-15-36-29-11-5-4-10-26(27)29/h4-6,8-15,18-19,28,30H,7,16-17,20-22H2,1-3H3,(H,37,41)/t28-,30+/m1/s1. The van der Waals surface area contributed by atoms with Gasteiger partial charge in [-0.05, 0) is 54.4 Å². The van der Waals surface area contributed by atoms with Crippen LogP contribution in [0.4, 0.5) is 5.69 Å². The van der Waals surface area contributed by atoms with Crippen molar-refractivity contribution < 1.29 is 23.9 Å². The molecule has 0 radical (unpaired) electrons. The third-order valence-corrected chi connectivity index (χ3v) is 8.51. The van der Waals surface area contributed by atoms with Crippen LogP contribution >= 0.6 is 0 Å². The van der Waals surface area contributed by atoms with Gasteiger partial charge in [0.1, 0.15) is 0 Å². The van der Waals surface area contributed by atoms with Crippen LogP contribution in [0.15, 0.2) is 79.0 Å². The van der Waals surface area contributed by atoms with Crippen molar-refractivity contribution in [3.8, 4) is 11.5 Å². The number of benzene rings is 3. The maximum absolute atomic E-state index is 13.9. The predicted octanol–water partition coefficient (Wildman–Crippen LogP) is 3.96. The molecule has 0 aliphatic carbocycles. The number of nitrogens with zero attached hydrogens (tertiary/aromatic N) is 4. The summed E-state index contributed by atoms with van der Waals surface area (Å²) in [5.74, 6) is 0.337. The Labute approximate surface area is 262 Å². The molecule has 2 atom stereocenters. The summed E-state index contributed by atoms with van der Waals surface area (Å²) in [6.07, 6.45) is 2.17. The van der Waals surface area contributed by atoms with E-state index in [1.165, 1.54) is 0 Å². The molecule has 2 aliphatic heterocycles. The Morgan fingerprint density at radius 3 is 2.64 bits per heavy atom. The van der Waals surface area contributed by atoms with Crippen molar-refractivity contribution in [3.63, 3.8) is 0 Å². The average Bonchev–Trinajstić information content (AvgIpc) is 3.48. The highest BCUT2D eigenvalue weighted by Crippen LogP contribution is 2.36. The smallest absolute Gasteiger partial charge is 0.254 e. The third-order valence-electron chi connectivity index (χ3n) is 8.51. The maximum atomic E-state index is 13.9. The summed E-state index contributed by atoms with van der Waals surface area (Å²) in [5.41, 5.74) is 3.64. The number of para-hydroxylation sites is 1. The van der Waals surface area contributed by atoms with E-state index >= 15 is 0 Å². The van der Waals surface area contributed by atoms with Crippen LogP contribution in [0, 0.1) is 0 Å². The second kappa shape index (κ2) is 12.9. The van der Waals surface area contributed by atoms with Crippen LogP contribution in [0.25, 0.3) is 10.9 Å². The van der Waals surface area contributed by atoms with Crippen molar-refractivity contribution in [1.29, 1.82) is 0 Å². The zero-order valence-electron chi connectivity index (χ0n) is 25.7. The highest BCUT2D eigenvalue weighted by Gasteiger charge is 2.38. The molecule has 232 valence electrons. The fourth-order valence-electron chi connectivity index (χ4n) is 6.16. The molecule has 10 heteroatoms. The lowest BCUT2D eigenvalue weighted by Gasteiger charge is -2.25. The monoisotopic (exact) mass is 607 g/mol. The van der Waals surface area contributed by atoms with Gasteiger partial charge in [-0.15, -0.1) is 0 Å². The average molecular weight is 608 g/mol. The van der Waals surface area contributed by atoms with Crippen LogP contribution in [0.1, 0.15) is 38.6 Å². The molecule has 4 aromatic rings. The first kappa shape index (κ1) is 29.9. The summed E-state index contributed by atoms with van der Waals surface area (Å²) >= 11 is 0. The molecule has 10 nitrogen and oxygen atoms in total. The SMILES string of the molecule is COc1ccc2cc1OCCCN(C(=O)c1cccc(N(C)C)c1)CC(=O)N[C@H]1CN(C(=O)c3ccnc4ccccc34)C[C@H]21. The van der Waals surface area contributed by atoms with Gasteiger partial charge in [0, 0.05) is 62.5 Å². The Kier molecular flexibility index (Phi) is 8.55. The normalized spacial score (nSPS) is 18.5. The van der Waals surface area contributed by atoms with Crippen LogP contribution in [0.2, 0.25) is 0 Å². The quantitative estimate of drug-likeness (QED) is 0.375. The minimum Gasteiger partial charge on any atom is -0.493 e. The number of fused-ring (bicyclic) bond motifs is 5. The molecule has 1 saturated heterocycles. The zero-order valence-corrected chi connectivity index (χ0v) is 25.7. The summed E-state index contributed by atoms with van der Waals surface area (Å²) in [4.78, 5) is 50.9. The second-order valence-corrected chi connectivity index (χ2v) is 11.7. The first-order chi connectivity index (χ1) is 21.8. The number of hydrogen-bond acceptors (Lipinski definition) is 7. The number of methoxy groups -OCH3 is 1. The molecule has 3 heterocycles. The molecule has 45 heavy (non-hydrogen) atoms. The molecule has 1 fully saturated rings. The van der Waals surface area contributed by atoms with Crippen LogP contribution in [-0.4, -0.2) is 92.5 Å². The molecule has 0 spiro atoms. The Balaban J connectivity index is 1.31. The molecule has 2 bridgehead atoms. The van der Waals surface area contributed by atoms with Crippen LogP contribution < -0.4 is 19.7 Å². The Morgan fingerprint density at radius 1 is 0.978 bits per heavy atom. The molecule has 3 aromatic carbocycles. The van der Waals surface area contributed by atoms with Crippen molar-refractivity contribution in [2.45, 2.75) is 18.4 Å². The van der Waals surface area contributed by atoms with E-state index in [0.717, 1.165) is 22.2 Å². The molecule has 1 aromatic heterocycles. The Bertz CT molecular complexity index is 1740. The summed E-state index contributed by atoms with van der Waals surface area (Å²) in [6, 6.07) is 22.0. The minimum absolute atomic E-state index is 0.113. The number of anilines is 1. The number of carbonyl (C=O) groups excluding carboxylic acids is 3. The third kappa shape index (κ3) is 6.26. The highest BCUT2D eigenvalue weighted by molar-refractivity contribution is 6.06. The molecule has 6 rings (SSSR count). The van der Waals surface area contributed by atoms with E-state index in [0.29, 0.717) is 55.3 Å². The number of likely N-dealkylation sites (tertiary alicyclic amines) is 1. The first-order valence-electron chi connectivity index (χ1n) is 15.1. The van der Waals surface area contributed by atoms with Crippen molar-refractivity contribution in [1.82, 2.24) is 20.1 Å². The minimum atomic E-state index is -0.384. The summed E-state index contributed by atoms with van der Waals surface area (Å²) in [7, 11) is 5.43. The number of hydrogen-bond donors (Lipinski definition) is 1. The van der Waals surface area contributed by atoms with Crippen LogP contribution in [0.5, 0.6) is 11.5 Å². The van der Waals surface area contributed by atoms with Gasteiger partial charge in [0.15, 0.2) is 11.5 Å². The van der Waals surface area contributed by atoms with Gasteiger partial charge in [-0.1, -0.05) is 30.3 Å². The number of aromatic nitrogens is 1. The van der Waals surface area contributed by atoms with Gasteiger partial charge in [-0.3, -0.25) is 19.4 Å². The fraction of sp³-hybridized carbons (Fsp3) is 0.314. The van der Waals surface area contributed by atoms with Gasteiger partial charge in [-0.25, -0.2) is 0 Å². The van der Waals surface area contributed by atoms with Crippen molar-refractivity contribution >= 4 is 34.3 Å². The van der Waals surface area contributed by atoms with Gasteiger partial charge in [0.05, 0.1) is 37.4 Å². The number of nitrogens with one attached hydrogen (secondary N) is 1. The number of pyridine rings is 1. The maximum Gasteiger partial charge on any atom is 0.254 e. The van der Waals surface area contributed by atoms with Crippen molar-refractivity contribution in [3.05, 3.63) is 95.7 Å². The molecule has 0 unspecified atom stereocenters. The van der Waals surface area contributed by atoms with Gasteiger partial charge in [0.25, 0.3) is 11.8 Å². The van der Waals surface area contributed by atoms with E-state index < -0.39 is 0 Å². The lowest BCUT2D eigenvalue weighted by Crippen LogP contribution is -2.47. The lowest BCUT2D eigenvalue weighted by atomic mass is 9.94. The van der Waals surface area contributed by atoms with E-state index in [4.69, 9.17) is 9.47 Å². The first-order valence-corrected chi connectivity index (χ1v) is 15.1. The number of amides is 3. The number of carbonyl (C=O) groups is 3. The molecule has 0 saturated carbocycles. The molecule has 3 amide bonds. The van der Waals surface area contributed by atoms with E-state index in [1.54, 1.807) is 35.2 Å².